The zero-order valence-electron chi connectivity index (χ0n) is 11.2. The quantitative estimate of drug-likeness (QED) is 0.757. The Labute approximate surface area is 118 Å². The maximum absolute atomic E-state index is 13.6. The summed E-state index contributed by atoms with van der Waals surface area (Å²) in [6.07, 6.45) is 0.678. The van der Waals surface area contributed by atoms with Crippen LogP contribution in [0.2, 0.25) is 0 Å². The van der Waals surface area contributed by atoms with E-state index in [1.807, 2.05) is 30.3 Å². The van der Waals surface area contributed by atoms with Gasteiger partial charge in [-0.15, -0.1) is 0 Å². The molecule has 0 saturated carbocycles. The summed E-state index contributed by atoms with van der Waals surface area (Å²) in [5, 5.41) is 12.6. The maximum atomic E-state index is 13.6. The molecule has 2 aromatic carbocycles. The number of rotatable bonds is 6. The molecule has 0 heterocycles. The summed E-state index contributed by atoms with van der Waals surface area (Å²) in [6.45, 7) is 0.161. The van der Waals surface area contributed by atoms with E-state index in [9.17, 15) is 9.50 Å². The normalized spacial score (nSPS) is 12.2. The van der Waals surface area contributed by atoms with Gasteiger partial charge in [0, 0.05) is 17.8 Å². The molecule has 0 aliphatic carbocycles. The van der Waals surface area contributed by atoms with Crippen LogP contribution >= 0.6 is 0 Å². The molecule has 20 heavy (non-hydrogen) atoms. The second-order valence-corrected chi connectivity index (χ2v) is 4.72. The van der Waals surface area contributed by atoms with Crippen LogP contribution in [0, 0.1) is 5.82 Å². The third-order valence-corrected chi connectivity index (χ3v) is 3.19. The predicted molar refractivity (Wildman–Crippen MR) is 78.9 cm³/mol. The van der Waals surface area contributed by atoms with Gasteiger partial charge in [0.15, 0.2) is 0 Å². The molecule has 106 valence electrons. The minimum absolute atomic E-state index is 0.0187. The van der Waals surface area contributed by atoms with Crippen molar-refractivity contribution in [3.8, 4) is 0 Å². The first-order chi connectivity index (χ1) is 9.72. The second kappa shape index (κ2) is 7.03. The molecule has 2 rings (SSSR count). The van der Waals surface area contributed by atoms with Gasteiger partial charge in [-0.3, -0.25) is 0 Å². The van der Waals surface area contributed by atoms with Gasteiger partial charge in [-0.05, 0) is 24.1 Å². The Morgan fingerprint density at radius 2 is 1.90 bits per heavy atom. The molecule has 0 aliphatic rings. The van der Waals surface area contributed by atoms with Crippen LogP contribution in [0.5, 0.6) is 0 Å². The van der Waals surface area contributed by atoms with Crippen LogP contribution in [-0.2, 0) is 13.0 Å². The number of nitrogens with two attached hydrogens (primary N) is 1. The van der Waals surface area contributed by atoms with E-state index in [-0.39, 0.29) is 25.0 Å². The first kappa shape index (κ1) is 14.5. The summed E-state index contributed by atoms with van der Waals surface area (Å²) >= 11 is 0. The van der Waals surface area contributed by atoms with Crippen LogP contribution < -0.4 is 11.1 Å². The largest absolute Gasteiger partial charge is 0.394 e. The fraction of sp³-hybridized carbons (Fsp3) is 0.250. The summed E-state index contributed by atoms with van der Waals surface area (Å²) < 4.78 is 13.6. The Hall–Kier alpha value is -1.91. The van der Waals surface area contributed by atoms with Gasteiger partial charge in [-0.25, -0.2) is 4.39 Å². The molecule has 3 nitrogen and oxygen atoms in total. The lowest BCUT2D eigenvalue weighted by atomic mass is 10.1. The fourth-order valence-corrected chi connectivity index (χ4v) is 2.10. The SMILES string of the molecule is NCc1ccc(NC(CO)Cc2ccccc2)cc1F. The van der Waals surface area contributed by atoms with Crippen molar-refractivity contribution in [2.75, 3.05) is 11.9 Å². The lowest BCUT2D eigenvalue weighted by Gasteiger charge is -2.18. The molecule has 2 aromatic rings. The lowest BCUT2D eigenvalue weighted by Crippen LogP contribution is -2.26. The van der Waals surface area contributed by atoms with Crippen molar-refractivity contribution in [3.63, 3.8) is 0 Å². The Balaban J connectivity index is 2.04. The van der Waals surface area contributed by atoms with Crippen LogP contribution in [0.3, 0.4) is 0 Å². The highest BCUT2D eigenvalue weighted by Crippen LogP contribution is 2.16. The van der Waals surface area contributed by atoms with E-state index >= 15 is 0 Å². The van der Waals surface area contributed by atoms with Gasteiger partial charge in [0.1, 0.15) is 5.82 Å². The molecular formula is C16H19FN2O. The number of aliphatic hydroxyl groups is 1. The molecule has 4 N–H and O–H groups in total. The van der Waals surface area contributed by atoms with Gasteiger partial charge in [-0.1, -0.05) is 36.4 Å². The third-order valence-electron chi connectivity index (χ3n) is 3.19. The van der Waals surface area contributed by atoms with Crippen molar-refractivity contribution in [1.29, 1.82) is 0 Å². The van der Waals surface area contributed by atoms with Crippen molar-refractivity contribution in [2.24, 2.45) is 5.73 Å². The smallest absolute Gasteiger partial charge is 0.129 e. The van der Waals surface area contributed by atoms with Crippen LogP contribution in [0.1, 0.15) is 11.1 Å². The van der Waals surface area contributed by atoms with Gasteiger partial charge in [0.05, 0.1) is 12.6 Å². The van der Waals surface area contributed by atoms with Gasteiger partial charge in [0.25, 0.3) is 0 Å². The summed E-state index contributed by atoms with van der Waals surface area (Å²) in [5.41, 5.74) is 7.69. The van der Waals surface area contributed by atoms with Crippen LogP contribution in [0.15, 0.2) is 48.5 Å². The molecule has 0 aromatic heterocycles. The number of benzene rings is 2. The predicted octanol–water partition coefficient (Wildman–Crippen LogP) is 2.30. The minimum atomic E-state index is -0.325. The summed E-state index contributed by atoms with van der Waals surface area (Å²) in [5.74, 6) is -0.325. The average Bonchev–Trinajstić information content (AvgIpc) is 2.48. The molecule has 0 aliphatic heterocycles. The first-order valence-electron chi connectivity index (χ1n) is 6.62. The maximum Gasteiger partial charge on any atom is 0.129 e. The number of aliphatic hydroxyl groups excluding tert-OH is 1. The number of hydrogen-bond donors (Lipinski definition) is 3. The van der Waals surface area contributed by atoms with E-state index < -0.39 is 0 Å². The molecule has 1 unspecified atom stereocenters. The highest BCUT2D eigenvalue weighted by atomic mass is 19.1. The van der Waals surface area contributed by atoms with Crippen molar-refractivity contribution in [1.82, 2.24) is 0 Å². The molecule has 0 spiro atoms. The van der Waals surface area contributed by atoms with Gasteiger partial charge < -0.3 is 16.2 Å². The lowest BCUT2D eigenvalue weighted by molar-refractivity contribution is 0.273. The third kappa shape index (κ3) is 3.79. The van der Waals surface area contributed by atoms with E-state index in [2.05, 4.69) is 5.32 Å². The monoisotopic (exact) mass is 274 g/mol. The molecule has 0 bridgehead atoms. The molecule has 0 fully saturated rings. The van der Waals surface area contributed by atoms with Crippen LogP contribution in [0.4, 0.5) is 10.1 Å². The van der Waals surface area contributed by atoms with Crippen LogP contribution in [0.25, 0.3) is 0 Å². The second-order valence-electron chi connectivity index (χ2n) is 4.72. The zero-order valence-corrected chi connectivity index (χ0v) is 11.2. The molecule has 1 atom stereocenters. The minimum Gasteiger partial charge on any atom is -0.394 e. The average molecular weight is 274 g/mol. The Kier molecular flexibility index (Phi) is 5.09. The van der Waals surface area contributed by atoms with E-state index in [1.165, 1.54) is 6.07 Å². The Morgan fingerprint density at radius 3 is 2.50 bits per heavy atom. The van der Waals surface area contributed by atoms with Crippen molar-refractivity contribution >= 4 is 5.69 Å². The van der Waals surface area contributed by atoms with Gasteiger partial charge in [0.2, 0.25) is 0 Å². The van der Waals surface area contributed by atoms with Crippen molar-refractivity contribution in [3.05, 3.63) is 65.5 Å². The fourth-order valence-electron chi connectivity index (χ4n) is 2.10. The highest BCUT2D eigenvalue weighted by molar-refractivity contribution is 5.46. The Bertz CT molecular complexity index is 545. The van der Waals surface area contributed by atoms with E-state index in [4.69, 9.17) is 5.73 Å². The number of hydrogen-bond acceptors (Lipinski definition) is 3. The number of nitrogens with one attached hydrogen (secondary N) is 1. The highest BCUT2D eigenvalue weighted by Gasteiger charge is 2.09. The summed E-state index contributed by atoms with van der Waals surface area (Å²) in [7, 11) is 0. The van der Waals surface area contributed by atoms with Gasteiger partial charge >= 0.3 is 0 Å². The van der Waals surface area contributed by atoms with Crippen LogP contribution in [-0.4, -0.2) is 17.8 Å². The number of anilines is 1. The number of halogens is 1. The van der Waals surface area contributed by atoms with Gasteiger partial charge in [-0.2, -0.15) is 0 Å². The first-order valence-corrected chi connectivity index (χ1v) is 6.62. The van der Waals surface area contributed by atoms with E-state index in [0.29, 0.717) is 17.7 Å². The Morgan fingerprint density at radius 1 is 1.15 bits per heavy atom. The summed E-state index contributed by atoms with van der Waals surface area (Å²) in [6, 6.07) is 14.6. The standard InChI is InChI=1S/C16H19FN2O/c17-16-9-14(7-6-13(16)10-18)19-15(11-20)8-12-4-2-1-3-5-12/h1-7,9,15,19-20H,8,10-11,18H2. The van der Waals surface area contributed by atoms with E-state index in [1.54, 1.807) is 12.1 Å². The summed E-state index contributed by atoms with van der Waals surface area (Å²) in [4.78, 5) is 0. The molecule has 0 saturated heterocycles. The van der Waals surface area contributed by atoms with E-state index in [0.717, 1.165) is 5.56 Å². The van der Waals surface area contributed by atoms with Crippen molar-refractivity contribution < 1.29 is 9.50 Å². The zero-order chi connectivity index (χ0) is 14.4. The molecule has 0 amide bonds. The molecule has 4 heteroatoms. The van der Waals surface area contributed by atoms with Crippen molar-refractivity contribution in [2.45, 2.75) is 19.0 Å². The molecule has 0 radical (unpaired) electrons. The molecular weight excluding hydrogens is 255 g/mol. The topological polar surface area (TPSA) is 58.3 Å².